The van der Waals surface area contributed by atoms with Crippen LogP contribution in [0.25, 0.3) is 0 Å². The van der Waals surface area contributed by atoms with Gasteiger partial charge in [-0.25, -0.2) is 4.79 Å². The Kier molecular flexibility index (Phi) is 4.29. The van der Waals surface area contributed by atoms with Crippen molar-refractivity contribution in [2.45, 2.75) is 6.42 Å². The topological polar surface area (TPSA) is 110 Å². The minimum atomic E-state index is -1.27. The highest BCUT2D eigenvalue weighted by atomic mass is 32.1. The Bertz CT molecular complexity index is 697. The standard InChI is InChI=1S/C13H10N2O5S/c16-12(5-8-3-4-21-7-8)14-10-2-1-9(13(17)18)6-11(10)15(19)20/h1-4,6-7H,5H2,(H,14,16)(H,17,18). The maximum atomic E-state index is 11.8. The van der Waals surface area contributed by atoms with Crippen LogP contribution in [0.2, 0.25) is 0 Å². The molecule has 0 saturated carbocycles. The second-order valence-corrected chi connectivity index (χ2v) is 4.93. The van der Waals surface area contributed by atoms with Crippen molar-refractivity contribution in [1.82, 2.24) is 0 Å². The maximum Gasteiger partial charge on any atom is 0.335 e. The van der Waals surface area contributed by atoms with E-state index < -0.39 is 22.5 Å². The summed E-state index contributed by atoms with van der Waals surface area (Å²) in [5.74, 6) is -1.67. The van der Waals surface area contributed by atoms with E-state index in [1.807, 2.05) is 10.8 Å². The lowest BCUT2D eigenvalue weighted by Crippen LogP contribution is -2.15. The number of benzene rings is 1. The molecule has 2 rings (SSSR count). The molecule has 2 aromatic rings. The van der Waals surface area contributed by atoms with Gasteiger partial charge in [0.05, 0.1) is 16.9 Å². The minimum absolute atomic E-state index is 0.0229. The van der Waals surface area contributed by atoms with Crippen molar-refractivity contribution < 1.29 is 19.6 Å². The molecule has 0 aliphatic heterocycles. The smallest absolute Gasteiger partial charge is 0.335 e. The number of carboxylic acid groups (broad SMARTS) is 1. The molecule has 0 unspecified atom stereocenters. The number of aromatic carboxylic acids is 1. The number of amides is 1. The van der Waals surface area contributed by atoms with Crippen molar-refractivity contribution in [3.05, 3.63) is 56.3 Å². The Morgan fingerprint density at radius 2 is 2.10 bits per heavy atom. The van der Waals surface area contributed by atoms with E-state index in [0.29, 0.717) is 0 Å². The van der Waals surface area contributed by atoms with Gasteiger partial charge >= 0.3 is 5.97 Å². The highest BCUT2D eigenvalue weighted by molar-refractivity contribution is 7.08. The van der Waals surface area contributed by atoms with Gasteiger partial charge in [0.2, 0.25) is 5.91 Å². The maximum absolute atomic E-state index is 11.8. The molecule has 0 aliphatic carbocycles. The number of hydrogen-bond acceptors (Lipinski definition) is 5. The van der Waals surface area contributed by atoms with E-state index in [4.69, 9.17) is 5.11 Å². The fourth-order valence-electron chi connectivity index (χ4n) is 1.69. The zero-order valence-electron chi connectivity index (χ0n) is 10.6. The number of hydrogen-bond donors (Lipinski definition) is 2. The molecule has 0 atom stereocenters. The molecule has 0 saturated heterocycles. The lowest BCUT2D eigenvalue weighted by Gasteiger charge is -2.06. The third-order valence-electron chi connectivity index (χ3n) is 2.66. The Hall–Kier alpha value is -2.74. The molecule has 0 bridgehead atoms. The summed E-state index contributed by atoms with van der Waals surface area (Å²) < 4.78 is 0. The third-order valence-corrected chi connectivity index (χ3v) is 3.39. The predicted octanol–water partition coefficient (Wildman–Crippen LogP) is 2.54. The average molecular weight is 306 g/mol. The van der Waals surface area contributed by atoms with Gasteiger partial charge in [0.15, 0.2) is 0 Å². The van der Waals surface area contributed by atoms with Crippen molar-refractivity contribution in [1.29, 1.82) is 0 Å². The zero-order valence-corrected chi connectivity index (χ0v) is 11.4. The molecule has 1 aromatic carbocycles. The van der Waals surface area contributed by atoms with Crippen LogP contribution in [0.15, 0.2) is 35.0 Å². The van der Waals surface area contributed by atoms with E-state index in [0.717, 1.165) is 11.6 Å². The number of nitrogens with zero attached hydrogens (tertiary/aromatic N) is 1. The molecule has 1 amide bonds. The molecular formula is C13H10N2O5S. The Morgan fingerprint density at radius 1 is 1.33 bits per heavy atom. The van der Waals surface area contributed by atoms with Crippen molar-refractivity contribution in [3.8, 4) is 0 Å². The van der Waals surface area contributed by atoms with Crippen LogP contribution in [-0.2, 0) is 11.2 Å². The normalized spacial score (nSPS) is 10.1. The molecule has 0 aliphatic rings. The van der Waals surface area contributed by atoms with Gasteiger partial charge < -0.3 is 10.4 Å². The van der Waals surface area contributed by atoms with Crippen molar-refractivity contribution in [2.24, 2.45) is 0 Å². The summed E-state index contributed by atoms with van der Waals surface area (Å²) >= 11 is 1.45. The van der Waals surface area contributed by atoms with Gasteiger partial charge in [-0.3, -0.25) is 14.9 Å². The lowest BCUT2D eigenvalue weighted by molar-refractivity contribution is -0.384. The number of anilines is 1. The Labute approximate surface area is 123 Å². The van der Waals surface area contributed by atoms with Gasteiger partial charge in [-0.1, -0.05) is 0 Å². The van der Waals surface area contributed by atoms with E-state index >= 15 is 0 Å². The molecule has 1 aromatic heterocycles. The van der Waals surface area contributed by atoms with Gasteiger partial charge in [-0.15, -0.1) is 0 Å². The first-order valence-electron chi connectivity index (χ1n) is 5.80. The first kappa shape index (κ1) is 14.7. The van der Waals surface area contributed by atoms with E-state index in [2.05, 4.69) is 5.32 Å². The van der Waals surface area contributed by atoms with Gasteiger partial charge in [0.25, 0.3) is 5.69 Å². The van der Waals surface area contributed by atoms with Crippen LogP contribution in [0.5, 0.6) is 0 Å². The molecule has 0 radical (unpaired) electrons. The SMILES string of the molecule is O=C(Cc1ccsc1)Nc1ccc(C(=O)O)cc1[N+](=O)[O-]. The number of nitro benzene ring substituents is 1. The minimum Gasteiger partial charge on any atom is -0.478 e. The average Bonchev–Trinajstić information content (AvgIpc) is 2.91. The summed E-state index contributed by atoms with van der Waals surface area (Å²) in [7, 11) is 0. The number of carbonyl (C=O) groups is 2. The third kappa shape index (κ3) is 3.63. The van der Waals surface area contributed by atoms with E-state index in [1.165, 1.54) is 23.5 Å². The van der Waals surface area contributed by atoms with Crippen LogP contribution >= 0.6 is 11.3 Å². The largest absolute Gasteiger partial charge is 0.478 e. The molecule has 1 heterocycles. The molecule has 7 nitrogen and oxygen atoms in total. The predicted molar refractivity (Wildman–Crippen MR) is 76.7 cm³/mol. The van der Waals surface area contributed by atoms with Gasteiger partial charge in [0, 0.05) is 6.07 Å². The summed E-state index contributed by atoms with van der Waals surface area (Å²) in [6.45, 7) is 0. The molecule has 8 heteroatoms. The van der Waals surface area contributed by atoms with Gasteiger partial charge in [-0.05, 0) is 34.5 Å². The van der Waals surface area contributed by atoms with Crippen LogP contribution in [0, 0.1) is 10.1 Å². The number of carboxylic acids is 1. The molecule has 21 heavy (non-hydrogen) atoms. The Morgan fingerprint density at radius 3 is 2.67 bits per heavy atom. The number of thiophene rings is 1. The second kappa shape index (κ2) is 6.14. The quantitative estimate of drug-likeness (QED) is 0.651. The van der Waals surface area contributed by atoms with Crippen molar-refractivity contribution in [3.63, 3.8) is 0 Å². The summed E-state index contributed by atoms with van der Waals surface area (Å²) in [6, 6.07) is 5.12. The molecule has 2 N–H and O–H groups in total. The van der Waals surface area contributed by atoms with Crippen molar-refractivity contribution >= 4 is 34.6 Å². The highest BCUT2D eigenvalue weighted by Crippen LogP contribution is 2.26. The molecule has 108 valence electrons. The number of rotatable bonds is 5. The number of nitrogens with one attached hydrogen (secondary N) is 1. The molecule has 0 spiro atoms. The first-order chi connectivity index (χ1) is 9.97. The van der Waals surface area contributed by atoms with Crippen molar-refractivity contribution in [2.75, 3.05) is 5.32 Å². The fraction of sp³-hybridized carbons (Fsp3) is 0.0769. The summed E-state index contributed by atoms with van der Waals surface area (Å²) in [5, 5.41) is 25.8. The fourth-order valence-corrected chi connectivity index (χ4v) is 2.36. The van der Waals surface area contributed by atoms with Crippen LogP contribution in [0.3, 0.4) is 0 Å². The van der Waals surface area contributed by atoms with Gasteiger partial charge in [-0.2, -0.15) is 11.3 Å². The lowest BCUT2D eigenvalue weighted by atomic mass is 10.1. The van der Waals surface area contributed by atoms with E-state index in [9.17, 15) is 19.7 Å². The van der Waals surface area contributed by atoms with Crippen LogP contribution in [0.4, 0.5) is 11.4 Å². The molecular weight excluding hydrogens is 296 g/mol. The summed E-state index contributed by atoms with van der Waals surface area (Å²) in [5.41, 5.74) is 0.124. The van der Waals surface area contributed by atoms with E-state index in [-0.39, 0.29) is 17.7 Å². The van der Waals surface area contributed by atoms with Crippen LogP contribution in [0.1, 0.15) is 15.9 Å². The van der Waals surface area contributed by atoms with E-state index in [1.54, 1.807) is 6.07 Å². The number of nitro groups is 1. The number of carbonyl (C=O) groups excluding carboxylic acids is 1. The summed E-state index contributed by atoms with van der Waals surface area (Å²) in [4.78, 5) is 32.9. The summed E-state index contributed by atoms with van der Waals surface area (Å²) in [6.07, 6.45) is 0.0985. The monoisotopic (exact) mass is 306 g/mol. The van der Waals surface area contributed by atoms with Crippen LogP contribution in [-0.4, -0.2) is 21.9 Å². The highest BCUT2D eigenvalue weighted by Gasteiger charge is 2.19. The van der Waals surface area contributed by atoms with Crippen LogP contribution < -0.4 is 5.32 Å². The first-order valence-corrected chi connectivity index (χ1v) is 6.74. The second-order valence-electron chi connectivity index (χ2n) is 4.15. The molecule has 0 fully saturated rings. The zero-order chi connectivity index (χ0) is 15.4. The van der Waals surface area contributed by atoms with Gasteiger partial charge in [0.1, 0.15) is 5.69 Å². The Balaban J connectivity index is 2.21.